The molecule has 1 aromatic heterocycles. The number of benzene rings is 1. The van der Waals surface area contributed by atoms with Crippen LogP contribution < -0.4 is 5.73 Å². The average Bonchev–Trinajstić information content (AvgIpc) is 3.00. The summed E-state index contributed by atoms with van der Waals surface area (Å²) in [7, 11) is 0. The maximum absolute atomic E-state index is 5.87. The van der Waals surface area contributed by atoms with Gasteiger partial charge in [-0.1, -0.05) is 12.1 Å². The maximum Gasteiger partial charge on any atom is 0.202 e. The number of nitrogens with one attached hydrogen (secondary N) is 1. The van der Waals surface area contributed by atoms with Crippen molar-refractivity contribution < 1.29 is 0 Å². The van der Waals surface area contributed by atoms with Crippen LogP contribution in [0.4, 0.5) is 5.69 Å². The third kappa shape index (κ3) is 1.71. The van der Waals surface area contributed by atoms with E-state index in [-0.39, 0.29) is 6.17 Å². The van der Waals surface area contributed by atoms with Gasteiger partial charge in [-0.2, -0.15) is 5.11 Å². The van der Waals surface area contributed by atoms with Crippen LogP contribution in [0.2, 0.25) is 0 Å². The number of azo groups is 1. The van der Waals surface area contributed by atoms with Gasteiger partial charge in [-0.25, -0.2) is 4.99 Å². The number of hydrogen-bond donors (Lipinski definition) is 2. The fraction of sp³-hybridized carbons (Fsp3) is 0.0833. The van der Waals surface area contributed by atoms with E-state index in [0.717, 1.165) is 11.3 Å². The van der Waals surface area contributed by atoms with Crippen LogP contribution in [0, 0.1) is 0 Å². The summed E-state index contributed by atoms with van der Waals surface area (Å²) >= 11 is 0. The molecule has 5 nitrogen and oxygen atoms in total. The number of rotatable bonds is 2. The number of anilines is 1. The van der Waals surface area contributed by atoms with Crippen molar-refractivity contribution in [3.05, 3.63) is 53.9 Å². The first-order valence-corrected chi connectivity index (χ1v) is 5.31. The van der Waals surface area contributed by atoms with Crippen molar-refractivity contribution in [2.24, 2.45) is 15.2 Å². The number of nitrogens with zero attached hydrogens (tertiary/aromatic N) is 3. The number of aromatic nitrogens is 1. The molecule has 0 saturated carbocycles. The van der Waals surface area contributed by atoms with Gasteiger partial charge in [0.15, 0.2) is 5.84 Å². The highest BCUT2D eigenvalue weighted by Gasteiger charge is 2.18. The van der Waals surface area contributed by atoms with Crippen LogP contribution in [0.3, 0.4) is 0 Å². The van der Waals surface area contributed by atoms with Gasteiger partial charge in [0.05, 0.1) is 5.69 Å². The number of nitrogen functional groups attached to an aromatic ring is 1. The minimum atomic E-state index is -0.278. The van der Waals surface area contributed by atoms with Crippen molar-refractivity contribution in [2.75, 3.05) is 5.73 Å². The lowest BCUT2D eigenvalue weighted by atomic mass is 10.1. The Labute approximate surface area is 98.1 Å². The summed E-state index contributed by atoms with van der Waals surface area (Å²) < 4.78 is 0. The van der Waals surface area contributed by atoms with Crippen LogP contribution in [-0.2, 0) is 0 Å². The molecule has 17 heavy (non-hydrogen) atoms. The van der Waals surface area contributed by atoms with Crippen LogP contribution >= 0.6 is 0 Å². The monoisotopic (exact) mass is 225 g/mol. The van der Waals surface area contributed by atoms with Gasteiger partial charge in [0, 0.05) is 17.4 Å². The molecule has 1 aliphatic heterocycles. The molecule has 1 aliphatic rings. The minimum Gasteiger partial charge on any atom is -0.398 e. The summed E-state index contributed by atoms with van der Waals surface area (Å²) in [5.74, 6) is 0.586. The van der Waals surface area contributed by atoms with Crippen molar-refractivity contribution in [2.45, 2.75) is 6.17 Å². The Morgan fingerprint density at radius 1 is 1.12 bits per heavy atom. The standard InChI is InChI=1S/C12H11N5/c13-9-5-2-1-4-8(9)11-15-12(17-16-11)10-6-3-7-14-10/h1-7,12,14H,13H2. The van der Waals surface area contributed by atoms with E-state index < -0.39 is 0 Å². The lowest BCUT2D eigenvalue weighted by molar-refractivity contribution is 0.747. The second-order valence-corrected chi connectivity index (χ2v) is 3.75. The van der Waals surface area contributed by atoms with Crippen LogP contribution in [0.25, 0.3) is 0 Å². The maximum atomic E-state index is 5.87. The van der Waals surface area contributed by atoms with E-state index in [1.807, 2.05) is 42.6 Å². The second-order valence-electron chi connectivity index (χ2n) is 3.75. The fourth-order valence-electron chi connectivity index (χ4n) is 1.74. The zero-order valence-corrected chi connectivity index (χ0v) is 9.04. The zero-order valence-electron chi connectivity index (χ0n) is 9.04. The summed E-state index contributed by atoms with van der Waals surface area (Å²) in [6.07, 6.45) is 1.56. The molecule has 1 atom stereocenters. The first-order chi connectivity index (χ1) is 8.34. The van der Waals surface area contributed by atoms with Gasteiger partial charge in [0.1, 0.15) is 0 Å². The molecule has 0 amide bonds. The predicted molar refractivity (Wildman–Crippen MR) is 65.8 cm³/mol. The van der Waals surface area contributed by atoms with Gasteiger partial charge in [0.2, 0.25) is 6.17 Å². The third-order valence-electron chi connectivity index (χ3n) is 2.61. The second kappa shape index (κ2) is 3.86. The van der Waals surface area contributed by atoms with Gasteiger partial charge in [-0.3, -0.25) is 0 Å². The van der Waals surface area contributed by atoms with Crippen LogP contribution in [0.15, 0.2) is 57.8 Å². The first kappa shape index (κ1) is 9.77. The van der Waals surface area contributed by atoms with Gasteiger partial charge in [0.25, 0.3) is 0 Å². The Bertz CT molecular complexity index is 583. The van der Waals surface area contributed by atoms with E-state index in [9.17, 15) is 0 Å². The summed E-state index contributed by atoms with van der Waals surface area (Å²) in [6.45, 7) is 0. The van der Waals surface area contributed by atoms with Crippen molar-refractivity contribution >= 4 is 11.5 Å². The number of aromatic amines is 1. The Morgan fingerprint density at radius 3 is 2.76 bits per heavy atom. The number of hydrogen-bond acceptors (Lipinski definition) is 4. The molecule has 0 bridgehead atoms. The number of amidine groups is 1. The lowest BCUT2D eigenvalue weighted by Crippen LogP contribution is -2.00. The Hall–Kier alpha value is -2.43. The molecule has 0 saturated heterocycles. The van der Waals surface area contributed by atoms with Crippen LogP contribution in [0.5, 0.6) is 0 Å². The molecule has 0 aliphatic carbocycles. The van der Waals surface area contributed by atoms with E-state index in [1.54, 1.807) is 0 Å². The molecule has 3 N–H and O–H groups in total. The van der Waals surface area contributed by atoms with Gasteiger partial charge >= 0.3 is 0 Å². The third-order valence-corrected chi connectivity index (χ3v) is 2.61. The van der Waals surface area contributed by atoms with E-state index in [1.165, 1.54) is 0 Å². The Morgan fingerprint density at radius 2 is 2.00 bits per heavy atom. The summed E-state index contributed by atoms with van der Waals surface area (Å²) in [5, 5.41) is 8.19. The van der Waals surface area contributed by atoms with Crippen molar-refractivity contribution in [3.8, 4) is 0 Å². The number of H-pyrrole nitrogens is 1. The van der Waals surface area contributed by atoms with E-state index in [4.69, 9.17) is 5.73 Å². The van der Waals surface area contributed by atoms with Crippen LogP contribution in [0.1, 0.15) is 17.4 Å². The van der Waals surface area contributed by atoms with E-state index in [2.05, 4.69) is 20.2 Å². The number of nitrogens with two attached hydrogens (primary N) is 1. The molecule has 0 fully saturated rings. The van der Waals surface area contributed by atoms with Crippen LogP contribution in [-0.4, -0.2) is 10.8 Å². The number of para-hydroxylation sites is 1. The Kier molecular flexibility index (Phi) is 2.22. The fourth-order valence-corrected chi connectivity index (χ4v) is 1.74. The van der Waals surface area contributed by atoms with Gasteiger partial charge in [-0.05, 0) is 24.3 Å². The predicted octanol–water partition coefficient (Wildman–Crippen LogP) is 2.51. The normalized spacial score (nSPS) is 18.4. The first-order valence-electron chi connectivity index (χ1n) is 5.31. The molecule has 2 heterocycles. The topological polar surface area (TPSA) is 78.9 Å². The largest absolute Gasteiger partial charge is 0.398 e. The molecule has 0 spiro atoms. The SMILES string of the molecule is Nc1ccccc1C1=NC(c2ccc[nH]2)N=N1. The quantitative estimate of drug-likeness (QED) is 0.756. The lowest BCUT2D eigenvalue weighted by Gasteiger charge is -2.01. The molecule has 2 aromatic rings. The molecule has 3 rings (SSSR count). The molecular weight excluding hydrogens is 214 g/mol. The van der Waals surface area contributed by atoms with E-state index >= 15 is 0 Å². The molecule has 5 heteroatoms. The summed E-state index contributed by atoms with van der Waals surface area (Å²) in [5.41, 5.74) is 8.29. The highest BCUT2D eigenvalue weighted by molar-refractivity contribution is 6.04. The molecule has 84 valence electrons. The molecule has 1 aromatic carbocycles. The van der Waals surface area contributed by atoms with Crippen molar-refractivity contribution in [1.29, 1.82) is 0 Å². The number of aliphatic imine (C=N–C) groups is 1. The summed E-state index contributed by atoms with van der Waals surface area (Å²) in [6, 6.07) is 11.4. The minimum absolute atomic E-state index is 0.278. The summed E-state index contributed by atoms with van der Waals surface area (Å²) in [4.78, 5) is 7.51. The smallest absolute Gasteiger partial charge is 0.202 e. The van der Waals surface area contributed by atoms with Crippen molar-refractivity contribution in [3.63, 3.8) is 0 Å². The molecule has 1 unspecified atom stereocenters. The zero-order chi connectivity index (χ0) is 11.7. The van der Waals surface area contributed by atoms with E-state index in [0.29, 0.717) is 11.5 Å². The molecule has 0 radical (unpaired) electrons. The highest BCUT2D eigenvalue weighted by atomic mass is 15.3. The van der Waals surface area contributed by atoms with Gasteiger partial charge < -0.3 is 10.7 Å². The van der Waals surface area contributed by atoms with Gasteiger partial charge in [-0.15, -0.1) is 5.11 Å². The molecular formula is C12H11N5. The van der Waals surface area contributed by atoms with Crippen molar-refractivity contribution in [1.82, 2.24) is 4.98 Å². The average molecular weight is 225 g/mol. The Balaban J connectivity index is 1.95. The highest BCUT2D eigenvalue weighted by Crippen LogP contribution is 2.26.